The first-order chi connectivity index (χ1) is 21.0. The highest BCUT2D eigenvalue weighted by Crippen LogP contribution is 2.42. The van der Waals surface area contributed by atoms with E-state index in [1.54, 1.807) is 6.07 Å². The highest BCUT2D eigenvalue weighted by atomic mass is 32.2. The number of aromatic nitrogens is 2. The largest absolute Gasteiger partial charge is 0.381 e. The van der Waals surface area contributed by atoms with Gasteiger partial charge in [-0.3, -0.25) is 9.89 Å². The molecule has 6 rings (SSSR count). The lowest BCUT2D eigenvalue weighted by Gasteiger charge is -2.36. The first-order valence-electron chi connectivity index (χ1n) is 14.2. The lowest BCUT2D eigenvalue weighted by Crippen LogP contribution is -2.44. The minimum atomic E-state index is -4.37. The number of hydrogen-bond acceptors (Lipinski definition) is 8. The highest BCUT2D eigenvalue weighted by molar-refractivity contribution is 7.91. The summed E-state index contributed by atoms with van der Waals surface area (Å²) < 4.78 is 76.9. The van der Waals surface area contributed by atoms with Gasteiger partial charge in [0.25, 0.3) is 5.91 Å². The molecule has 1 amide bonds. The second-order valence-electron chi connectivity index (χ2n) is 11.1. The maximum atomic E-state index is 16.8. The fourth-order valence-electron chi connectivity index (χ4n) is 5.75. The molecule has 2 aliphatic heterocycles. The van der Waals surface area contributed by atoms with Crippen LogP contribution in [0.2, 0.25) is 0 Å². The van der Waals surface area contributed by atoms with Crippen LogP contribution in [0, 0.1) is 17.5 Å². The molecule has 0 saturated carbocycles. The fourth-order valence-corrected chi connectivity index (χ4v) is 7.07. The van der Waals surface area contributed by atoms with E-state index < -0.39 is 38.1 Å². The SMILES string of the molecule is CN1CCN(c2cc(NC3CCOCC3)c(C(N)=O)c(F)c2-c2n[nH]c3ccc(S(=O)(=O)c4cc(F)cc(F)c4)cc23)CC1. The van der Waals surface area contributed by atoms with Gasteiger partial charge < -0.3 is 25.6 Å². The van der Waals surface area contributed by atoms with Crippen molar-refractivity contribution in [3.05, 3.63) is 65.5 Å². The van der Waals surface area contributed by atoms with Crippen molar-refractivity contribution >= 4 is 38.0 Å². The van der Waals surface area contributed by atoms with E-state index >= 15 is 4.39 Å². The van der Waals surface area contributed by atoms with E-state index in [0.29, 0.717) is 69.5 Å². The van der Waals surface area contributed by atoms with Crippen molar-refractivity contribution < 1.29 is 31.1 Å². The number of fused-ring (bicyclic) bond motifs is 1. The number of carbonyl (C=O) groups excluding carboxylic acids is 1. The molecule has 2 saturated heterocycles. The Balaban J connectivity index is 1.54. The van der Waals surface area contributed by atoms with Gasteiger partial charge in [0.2, 0.25) is 9.84 Å². The molecule has 0 aliphatic carbocycles. The summed E-state index contributed by atoms with van der Waals surface area (Å²) in [4.78, 5) is 16.0. The highest BCUT2D eigenvalue weighted by Gasteiger charge is 2.31. The maximum absolute atomic E-state index is 16.8. The van der Waals surface area contributed by atoms with Crippen molar-refractivity contribution in [2.24, 2.45) is 5.73 Å². The molecule has 4 N–H and O–H groups in total. The van der Waals surface area contributed by atoms with E-state index in [2.05, 4.69) is 20.4 Å². The smallest absolute Gasteiger partial charge is 0.253 e. The number of hydrogen-bond donors (Lipinski definition) is 3. The van der Waals surface area contributed by atoms with Crippen LogP contribution in [-0.4, -0.2) is 81.9 Å². The molecule has 0 spiro atoms. The molecule has 1 aromatic heterocycles. The number of carbonyl (C=O) groups is 1. The number of nitrogens with zero attached hydrogens (tertiary/aromatic N) is 3. The predicted molar refractivity (Wildman–Crippen MR) is 159 cm³/mol. The summed E-state index contributed by atoms with van der Waals surface area (Å²) in [5, 5.41) is 10.7. The summed E-state index contributed by atoms with van der Waals surface area (Å²) in [7, 11) is -2.38. The van der Waals surface area contributed by atoms with Crippen molar-refractivity contribution in [1.82, 2.24) is 15.1 Å². The fraction of sp³-hybridized carbons (Fsp3) is 0.333. The zero-order chi connectivity index (χ0) is 31.2. The number of piperazine rings is 1. The molecule has 44 heavy (non-hydrogen) atoms. The number of ether oxygens (including phenoxy) is 1. The number of likely N-dealkylation sites (N-methyl/N-ethyl adjacent to an activating group) is 1. The molecule has 0 bridgehead atoms. The van der Waals surface area contributed by atoms with Crippen LogP contribution < -0.4 is 16.0 Å². The number of H-pyrrole nitrogens is 1. The minimum absolute atomic E-state index is 0.0153. The topological polar surface area (TPSA) is 134 Å². The Bertz CT molecular complexity index is 1830. The van der Waals surface area contributed by atoms with Gasteiger partial charge in [0.05, 0.1) is 37.8 Å². The second kappa shape index (κ2) is 11.7. The average Bonchev–Trinajstić information content (AvgIpc) is 3.40. The quantitative estimate of drug-likeness (QED) is 0.281. The summed E-state index contributed by atoms with van der Waals surface area (Å²) in [5.41, 5.74) is 6.56. The van der Waals surface area contributed by atoms with E-state index in [0.717, 1.165) is 12.1 Å². The van der Waals surface area contributed by atoms with Crippen molar-refractivity contribution in [2.75, 3.05) is 56.7 Å². The Kier molecular flexibility index (Phi) is 7.99. The molecule has 0 atom stereocenters. The van der Waals surface area contributed by atoms with Crippen LogP contribution in [0.3, 0.4) is 0 Å². The van der Waals surface area contributed by atoms with E-state index in [1.807, 2.05) is 11.9 Å². The number of benzene rings is 3. The minimum Gasteiger partial charge on any atom is -0.381 e. The van der Waals surface area contributed by atoms with Gasteiger partial charge >= 0.3 is 0 Å². The van der Waals surface area contributed by atoms with Crippen LogP contribution in [0.4, 0.5) is 24.5 Å². The van der Waals surface area contributed by atoms with E-state index in [1.165, 1.54) is 18.2 Å². The summed E-state index contributed by atoms with van der Waals surface area (Å²) in [6, 6.07) is 7.68. The molecule has 4 aromatic rings. The van der Waals surface area contributed by atoms with Gasteiger partial charge in [-0.15, -0.1) is 0 Å². The number of primary amides is 1. The molecular formula is C30H31F3N6O4S. The number of nitrogens with one attached hydrogen (secondary N) is 2. The Hall–Kier alpha value is -4.14. The van der Waals surface area contributed by atoms with Gasteiger partial charge in [0.1, 0.15) is 23.1 Å². The van der Waals surface area contributed by atoms with Gasteiger partial charge in [0.15, 0.2) is 0 Å². The normalized spacial score (nSPS) is 16.9. The van der Waals surface area contributed by atoms with Crippen LogP contribution in [0.25, 0.3) is 22.2 Å². The van der Waals surface area contributed by atoms with E-state index in [9.17, 15) is 22.0 Å². The number of anilines is 2. The number of nitrogens with two attached hydrogens (primary N) is 1. The third kappa shape index (κ3) is 5.60. The third-order valence-electron chi connectivity index (χ3n) is 8.14. The molecular weight excluding hydrogens is 597 g/mol. The molecule has 14 heteroatoms. The standard InChI is InChI=1S/C30H31F3N6O4S/c1-38-6-8-39(9-7-38)25-16-24(35-19-4-10-43-11-5-19)26(30(34)40)28(33)27(25)29-22-15-20(2-3-23(22)36-37-29)44(41,42)21-13-17(31)12-18(32)14-21/h2-3,12-16,19,35H,4-11H2,1H3,(H2,34,40)(H,36,37). The number of amides is 1. The predicted octanol–water partition coefficient (Wildman–Crippen LogP) is 3.92. The van der Waals surface area contributed by atoms with Crippen LogP contribution in [0.5, 0.6) is 0 Å². The van der Waals surface area contributed by atoms with Crippen LogP contribution in [0.15, 0.2) is 52.3 Å². The van der Waals surface area contributed by atoms with Gasteiger partial charge in [-0.05, 0) is 56.3 Å². The molecule has 232 valence electrons. The average molecular weight is 629 g/mol. The summed E-state index contributed by atoms with van der Waals surface area (Å²) >= 11 is 0. The summed E-state index contributed by atoms with van der Waals surface area (Å²) in [5.74, 6) is -3.95. The molecule has 2 fully saturated rings. The Morgan fingerprint density at radius 1 is 1.00 bits per heavy atom. The molecule has 3 aromatic carbocycles. The third-order valence-corrected chi connectivity index (χ3v) is 9.88. The second-order valence-corrected chi connectivity index (χ2v) is 13.0. The van der Waals surface area contributed by atoms with E-state index in [4.69, 9.17) is 10.5 Å². The Morgan fingerprint density at radius 3 is 2.34 bits per heavy atom. The van der Waals surface area contributed by atoms with Crippen LogP contribution in [0.1, 0.15) is 23.2 Å². The molecule has 2 aliphatic rings. The maximum Gasteiger partial charge on any atom is 0.253 e. The molecule has 0 unspecified atom stereocenters. The van der Waals surface area contributed by atoms with Gasteiger partial charge in [-0.25, -0.2) is 21.6 Å². The van der Waals surface area contributed by atoms with Gasteiger partial charge in [-0.2, -0.15) is 5.10 Å². The zero-order valence-corrected chi connectivity index (χ0v) is 24.7. The molecule has 0 radical (unpaired) electrons. The molecule has 10 nitrogen and oxygen atoms in total. The van der Waals surface area contributed by atoms with Crippen molar-refractivity contribution in [3.8, 4) is 11.3 Å². The number of aromatic amines is 1. The van der Waals surface area contributed by atoms with Crippen LogP contribution in [-0.2, 0) is 14.6 Å². The van der Waals surface area contributed by atoms with E-state index in [-0.39, 0.29) is 38.8 Å². The van der Waals surface area contributed by atoms with Crippen molar-refractivity contribution in [1.29, 1.82) is 0 Å². The van der Waals surface area contributed by atoms with Crippen LogP contribution >= 0.6 is 0 Å². The first-order valence-corrected chi connectivity index (χ1v) is 15.6. The number of sulfone groups is 1. The zero-order valence-electron chi connectivity index (χ0n) is 23.9. The van der Waals surface area contributed by atoms with Crippen molar-refractivity contribution in [2.45, 2.75) is 28.7 Å². The first kappa shape index (κ1) is 29.9. The monoisotopic (exact) mass is 628 g/mol. The van der Waals surface area contributed by atoms with Crippen molar-refractivity contribution in [3.63, 3.8) is 0 Å². The Labute approximate surface area is 251 Å². The lowest BCUT2D eigenvalue weighted by molar-refractivity contribution is 0.0904. The lowest BCUT2D eigenvalue weighted by atomic mass is 9.97. The van der Waals surface area contributed by atoms with Gasteiger partial charge in [-0.1, -0.05) is 0 Å². The molecule has 3 heterocycles. The number of rotatable bonds is 7. The summed E-state index contributed by atoms with van der Waals surface area (Å²) in [6.07, 6.45) is 1.34. The Morgan fingerprint density at radius 2 is 1.68 bits per heavy atom. The summed E-state index contributed by atoms with van der Waals surface area (Å²) in [6.45, 7) is 3.58. The van der Waals surface area contributed by atoms with Gasteiger partial charge in [0, 0.05) is 56.9 Å². The number of halogens is 3.